The third-order valence-electron chi connectivity index (χ3n) is 6.73. The van der Waals surface area contributed by atoms with E-state index in [-0.39, 0.29) is 41.6 Å². The number of hydrogen-bond donors (Lipinski definition) is 0. The molecule has 206 valence electrons. The molecule has 0 radical (unpaired) electrons. The number of Topliss-reactive ketones (excluding diaryl/α,β-unsaturated/α-hetero) is 1. The summed E-state index contributed by atoms with van der Waals surface area (Å²) in [5.74, 6) is -1.83. The highest BCUT2D eigenvalue weighted by Gasteiger charge is 2.41. The number of aryl methyl sites for hydroxylation is 1. The molecule has 1 saturated heterocycles. The second kappa shape index (κ2) is 11.1. The first-order valence-corrected chi connectivity index (χ1v) is 12.8. The first-order chi connectivity index (χ1) is 19.1. The molecule has 40 heavy (non-hydrogen) atoms. The summed E-state index contributed by atoms with van der Waals surface area (Å²) in [4.78, 5) is 48.0. The topological polar surface area (TPSA) is 107 Å². The van der Waals surface area contributed by atoms with Gasteiger partial charge in [0.25, 0.3) is 0 Å². The van der Waals surface area contributed by atoms with E-state index in [4.69, 9.17) is 16.3 Å². The van der Waals surface area contributed by atoms with E-state index in [9.17, 15) is 23.2 Å². The molecule has 4 aromatic rings. The zero-order valence-corrected chi connectivity index (χ0v) is 22.4. The number of nitrogens with zero attached hydrogens (tertiary/aromatic N) is 5. The van der Waals surface area contributed by atoms with Crippen LogP contribution in [0.5, 0.6) is 0 Å². The number of rotatable bonds is 7. The van der Waals surface area contributed by atoms with E-state index in [1.807, 2.05) is 0 Å². The molecule has 0 spiro atoms. The molecule has 9 nitrogen and oxygen atoms in total. The summed E-state index contributed by atoms with van der Waals surface area (Å²) >= 11 is 5.77. The molecule has 2 aromatic heterocycles. The van der Waals surface area contributed by atoms with Crippen LogP contribution in [0.4, 0.5) is 8.78 Å². The average molecular weight is 568 g/mol. The smallest absolute Gasteiger partial charge is 0.329 e. The molecule has 1 amide bonds. The minimum Gasteiger partial charge on any atom is -0.459 e. The monoisotopic (exact) mass is 567 g/mol. The van der Waals surface area contributed by atoms with Crippen molar-refractivity contribution in [3.8, 4) is 11.1 Å². The van der Waals surface area contributed by atoms with Gasteiger partial charge in [-0.25, -0.2) is 23.5 Å². The van der Waals surface area contributed by atoms with E-state index in [0.717, 1.165) is 16.0 Å². The second-order valence-electron chi connectivity index (χ2n) is 9.53. The van der Waals surface area contributed by atoms with Gasteiger partial charge < -0.3 is 9.64 Å². The maximum absolute atomic E-state index is 14.4. The van der Waals surface area contributed by atoms with E-state index in [1.165, 1.54) is 29.8 Å². The van der Waals surface area contributed by atoms with Crippen molar-refractivity contribution in [3.63, 3.8) is 0 Å². The summed E-state index contributed by atoms with van der Waals surface area (Å²) in [6.45, 7) is 2.09. The Bertz CT molecular complexity index is 1630. The van der Waals surface area contributed by atoms with Gasteiger partial charge >= 0.3 is 5.97 Å². The fraction of sp³-hybridized carbons (Fsp3) is 0.286. The number of halogens is 3. The Labute approximate surface area is 232 Å². The van der Waals surface area contributed by atoms with Gasteiger partial charge in [-0.3, -0.25) is 14.3 Å². The van der Waals surface area contributed by atoms with Gasteiger partial charge in [0.05, 0.1) is 17.1 Å². The quantitative estimate of drug-likeness (QED) is 0.239. The molecular formula is C28H24ClF2N5O4. The van der Waals surface area contributed by atoms with Crippen LogP contribution in [-0.2, 0) is 27.5 Å². The molecule has 1 aliphatic heterocycles. The van der Waals surface area contributed by atoms with Gasteiger partial charge in [0, 0.05) is 42.3 Å². The van der Waals surface area contributed by atoms with E-state index in [0.29, 0.717) is 16.7 Å². The van der Waals surface area contributed by atoms with Gasteiger partial charge in [0.2, 0.25) is 5.91 Å². The van der Waals surface area contributed by atoms with Gasteiger partial charge in [-0.1, -0.05) is 29.8 Å². The fourth-order valence-corrected chi connectivity index (χ4v) is 4.88. The molecule has 0 aliphatic carbocycles. The molecule has 5 rings (SSSR count). The molecule has 1 fully saturated rings. The normalized spacial score (nSPS) is 16.9. The van der Waals surface area contributed by atoms with Crippen molar-refractivity contribution < 1.29 is 27.9 Å². The van der Waals surface area contributed by atoms with E-state index < -0.39 is 36.5 Å². The minimum atomic E-state index is -1.44. The zero-order valence-electron chi connectivity index (χ0n) is 21.6. The largest absolute Gasteiger partial charge is 0.459 e. The number of fused-ring (bicyclic) bond motifs is 1. The molecular weight excluding hydrogens is 544 g/mol. The molecule has 2 atom stereocenters. The number of esters is 1. The van der Waals surface area contributed by atoms with Crippen LogP contribution < -0.4 is 0 Å². The summed E-state index contributed by atoms with van der Waals surface area (Å²) in [5.41, 5.74) is 2.25. The summed E-state index contributed by atoms with van der Waals surface area (Å²) in [5, 5.41) is 4.77. The Morgan fingerprint density at radius 1 is 1.12 bits per heavy atom. The number of aromatic nitrogens is 4. The van der Waals surface area contributed by atoms with Gasteiger partial charge in [0.15, 0.2) is 5.78 Å². The highest BCUT2D eigenvalue weighted by Crippen LogP contribution is 2.28. The predicted molar refractivity (Wildman–Crippen MR) is 142 cm³/mol. The molecule has 12 heteroatoms. The molecule has 0 N–H and O–H groups in total. The zero-order chi connectivity index (χ0) is 28.6. The lowest BCUT2D eigenvalue weighted by atomic mass is 10.0. The van der Waals surface area contributed by atoms with Crippen molar-refractivity contribution in [1.29, 1.82) is 0 Å². The Kier molecular flexibility index (Phi) is 7.57. The number of hydrogen-bond acceptors (Lipinski definition) is 7. The minimum absolute atomic E-state index is 0.0601. The van der Waals surface area contributed by atoms with Crippen LogP contribution in [0.25, 0.3) is 22.0 Å². The van der Waals surface area contributed by atoms with E-state index in [1.54, 1.807) is 37.5 Å². The van der Waals surface area contributed by atoms with E-state index >= 15 is 0 Å². The SMILES string of the molecule is CC(=O)c1nn(CC(=O)N2C[C@H](F)C[C@H]2C(=O)OCc2cccc(Cl)c2F)c2ccc(-c3cnc(C)nc3)cc12. The number of amides is 1. The third kappa shape index (κ3) is 5.42. The molecule has 0 bridgehead atoms. The van der Waals surface area contributed by atoms with Crippen LogP contribution in [0.2, 0.25) is 5.02 Å². The van der Waals surface area contributed by atoms with Crippen LogP contribution in [0.3, 0.4) is 0 Å². The molecule has 0 unspecified atom stereocenters. The van der Waals surface area contributed by atoms with Crippen LogP contribution >= 0.6 is 11.6 Å². The Morgan fingerprint density at radius 3 is 2.60 bits per heavy atom. The highest BCUT2D eigenvalue weighted by atomic mass is 35.5. The second-order valence-corrected chi connectivity index (χ2v) is 9.94. The fourth-order valence-electron chi connectivity index (χ4n) is 4.69. The number of ether oxygens (including phenoxy) is 1. The van der Waals surface area contributed by atoms with Gasteiger partial charge in [-0.2, -0.15) is 5.10 Å². The van der Waals surface area contributed by atoms with Gasteiger partial charge in [-0.15, -0.1) is 0 Å². The van der Waals surface area contributed by atoms with Crippen molar-refractivity contribution >= 4 is 40.2 Å². The summed E-state index contributed by atoms with van der Waals surface area (Å²) in [6.07, 6.45) is 1.66. The first kappa shape index (κ1) is 27.3. The van der Waals surface area contributed by atoms with Crippen molar-refractivity contribution in [2.75, 3.05) is 6.54 Å². The molecule has 2 aromatic carbocycles. The van der Waals surface area contributed by atoms with Gasteiger partial charge in [0.1, 0.15) is 42.7 Å². The molecule has 3 heterocycles. The van der Waals surface area contributed by atoms with Gasteiger partial charge in [-0.05, 0) is 30.7 Å². The molecule has 0 saturated carbocycles. The number of alkyl halides is 1. The number of carbonyl (C=O) groups excluding carboxylic acids is 3. The number of ketones is 1. The lowest BCUT2D eigenvalue weighted by Gasteiger charge is -2.23. The average Bonchev–Trinajstić information content (AvgIpc) is 3.50. The third-order valence-corrected chi connectivity index (χ3v) is 7.02. The van der Waals surface area contributed by atoms with Crippen molar-refractivity contribution in [2.45, 2.75) is 45.6 Å². The maximum atomic E-state index is 14.4. The van der Waals surface area contributed by atoms with E-state index in [2.05, 4.69) is 15.1 Å². The molecule has 1 aliphatic rings. The lowest BCUT2D eigenvalue weighted by molar-refractivity contribution is -0.154. The highest BCUT2D eigenvalue weighted by molar-refractivity contribution is 6.30. The van der Waals surface area contributed by atoms with Crippen LogP contribution in [0, 0.1) is 12.7 Å². The maximum Gasteiger partial charge on any atom is 0.329 e. The van der Waals surface area contributed by atoms with Crippen LogP contribution in [0.15, 0.2) is 48.8 Å². The van der Waals surface area contributed by atoms with Crippen LogP contribution in [-0.4, -0.2) is 61.1 Å². The Morgan fingerprint density at radius 2 is 1.88 bits per heavy atom. The van der Waals surface area contributed by atoms with Crippen molar-refractivity contribution in [1.82, 2.24) is 24.6 Å². The summed E-state index contributed by atoms with van der Waals surface area (Å²) < 4.78 is 35.2. The Balaban J connectivity index is 1.36. The first-order valence-electron chi connectivity index (χ1n) is 12.5. The standard InChI is InChI=1S/C28H24ClF2N5O4/c1-15(37)27-21-8-17(19-10-32-16(2)33-11-19)6-7-23(21)36(34-27)13-25(38)35-12-20(30)9-24(35)28(39)40-14-18-4-3-5-22(29)26(18)31/h3-8,10-11,20,24H,9,12-14H2,1-2H3/t20-,24+/m1/s1. The number of benzene rings is 2. The Hall–Kier alpha value is -4.25. The van der Waals surface area contributed by atoms with Crippen molar-refractivity contribution in [2.24, 2.45) is 0 Å². The lowest BCUT2D eigenvalue weighted by Crippen LogP contribution is -2.43. The van der Waals surface area contributed by atoms with Crippen molar-refractivity contribution in [3.05, 3.63) is 76.7 Å². The number of likely N-dealkylation sites (tertiary alicyclic amines) is 1. The van der Waals surface area contributed by atoms with Crippen LogP contribution in [0.1, 0.15) is 35.2 Å². The summed E-state index contributed by atoms with van der Waals surface area (Å²) in [6, 6.07) is 8.40. The predicted octanol–water partition coefficient (Wildman–Crippen LogP) is 4.48. The summed E-state index contributed by atoms with van der Waals surface area (Å²) in [7, 11) is 0. The number of carbonyl (C=O) groups is 3.